The molecule has 2 aromatic carbocycles. The molecule has 0 spiro atoms. The van der Waals surface area contributed by atoms with Crippen LogP contribution in [0.4, 0.5) is 5.69 Å². The molecule has 1 aliphatic rings. The highest BCUT2D eigenvalue weighted by molar-refractivity contribution is 7.99. The first-order valence-electron chi connectivity index (χ1n) is 9.53. The maximum Gasteiger partial charge on any atom is 0.247 e. The molecule has 2 heterocycles. The Morgan fingerprint density at radius 1 is 1.17 bits per heavy atom. The van der Waals surface area contributed by atoms with Crippen LogP contribution in [0, 0.1) is 0 Å². The number of aromatic nitrogens is 3. The zero-order valence-electron chi connectivity index (χ0n) is 16.2. The van der Waals surface area contributed by atoms with E-state index in [0.717, 1.165) is 29.0 Å². The molecule has 0 amide bonds. The summed E-state index contributed by atoms with van der Waals surface area (Å²) in [5.41, 5.74) is 3.33. The van der Waals surface area contributed by atoms with E-state index >= 15 is 0 Å². The minimum absolute atomic E-state index is 0.444. The Labute approximate surface area is 174 Å². The second kappa shape index (κ2) is 8.96. The second-order valence-corrected chi connectivity index (χ2v) is 7.41. The van der Waals surface area contributed by atoms with Crippen molar-refractivity contribution in [3.05, 3.63) is 66.7 Å². The van der Waals surface area contributed by atoms with Gasteiger partial charge in [0.2, 0.25) is 17.3 Å². The van der Waals surface area contributed by atoms with Crippen LogP contribution in [-0.4, -0.2) is 27.5 Å². The molecule has 4 rings (SSSR count). The molecule has 29 heavy (non-hydrogen) atoms. The van der Waals surface area contributed by atoms with Gasteiger partial charge in [0.05, 0.1) is 12.2 Å². The van der Waals surface area contributed by atoms with Gasteiger partial charge in [-0.3, -0.25) is 0 Å². The van der Waals surface area contributed by atoms with Gasteiger partial charge in [-0.1, -0.05) is 55.1 Å². The number of para-hydroxylation sites is 2. The van der Waals surface area contributed by atoms with Crippen LogP contribution < -0.4 is 14.8 Å². The smallest absolute Gasteiger partial charge is 0.247 e. The highest BCUT2D eigenvalue weighted by Crippen LogP contribution is 2.41. The van der Waals surface area contributed by atoms with Gasteiger partial charge in [-0.05, 0) is 24.6 Å². The number of rotatable bonds is 7. The number of hydrogen-bond acceptors (Lipinski definition) is 7. The van der Waals surface area contributed by atoms with E-state index in [2.05, 4.69) is 34.0 Å². The van der Waals surface area contributed by atoms with Gasteiger partial charge in [-0.2, -0.15) is 4.98 Å². The lowest BCUT2D eigenvalue weighted by Gasteiger charge is -2.21. The Balaban J connectivity index is 1.77. The first-order valence-corrected chi connectivity index (χ1v) is 10.5. The van der Waals surface area contributed by atoms with Crippen molar-refractivity contribution >= 4 is 17.4 Å². The van der Waals surface area contributed by atoms with Crippen LogP contribution in [-0.2, 0) is 0 Å². The summed E-state index contributed by atoms with van der Waals surface area (Å²) < 4.78 is 12.3. The quantitative estimate of drug-likeness (QED) is 0.432. The third-order valence-corrected chi connectivity index (χ3v) is 5.16. The Morgan fingerprint density at radius 3 is 2.86 bits per heavy atom. The molecule has 0 aliphatic carbocycles. The molecule has 6 nitrogen and oxygen atoms in total. The average Bonchev–Trinajstić information content (AvgIpc) is 2.92. The highest BCUT2D eigenvalue weighted by Gasteiger charge is 2.27. The summed E-state index contributed by atoms with van der Waals surface area (Å²) in [6.45, 7) is 6.47. The molecule has 0 radical (unpaired) electrons. The van der Waals surface area contributed by atoms with Gasteiger partial charge in [-0.25, -0.2) is 0 Å². The van der Waals surface area contributed by atoms with Crippen LogP contribution in [0.25, 0.3) is 11.3 Å². The summed E-state index contributed by atoms with van der Waals surface area (Å²) in [6, 6.07) is 15.8. The van der Waals surface area contributed by atoms with Crippen molar-refractivity contribution in [2.45, 2.75) is 24.7 Å². The van der Waals surface area contributed by atoms with Crippen molar-refractivity contribution in [1.29, 1.82) is 0 Å². The standard InChI is InChI=1S/C22H22N4O2S/c1-3-13-27-18-12-8-6-10-16(18)20-23-17-11-7-5-9-15(17)19-21(28-20)24-22(26-25-19)29-14-4-2/h4-12,20,23H,2-3,13-14H2,1H3. The maximum atomic E-state index is 6.32. The number of hydrogen-bond donors (Lipinski definition) is 1. The lowest BCUT2D eigenvalue weighted by Crippen LogP contribution is -2.18. The van der Waals surface area contributed by atoms with Crippen LogP contribution in [0.1, 0.15) is 25.1 Å². The molecule has 0 fully saturated rings. The number of nitrogens with zero attached hydrogens (tertiary/aromatic N) is 3. The van der Waals surface area contributed by atoms with E-state index in [4.69, 9.17) is 9.47 Å². The molecule has 7 heteroatoms. The Hall–Kier alpha value is -3.06. The summed E-state index contributed by atoms with van der Waals surface area (Å²) in [6.07, 6.45) is 2.26. The molecular formula is C22H22N4O2S. The van der Waals surface area contributed by atoms with E-state index in [-0.39, 0.29) is 0 Å². The maximum absolute atomic E-state index is 6.32. The van der Waals surface area contributed by atoms with Gasteiger partial charge in [0.1, 0.15) is 5.75 Å². The number of fused-ring (bicyclic) bond motifs is 3. The van der Waals surface area contributed by atoms with Crippen LogP contribution in [0.5, 0.6) is 11.6 Å². The SMILES string of the molecule is C=CCSc1nnc2c(n1)OC(c1ccccc1OCCC)Nc1ccccc1-2. The Bertz CT molecular complexity index is 1010. The van der Waals surface area contributed by atoms with E-state index in [1.54, 1.807) is 0 Å². The summed E-state index contributed by atoms with van der Waals surface area (Å²) in [7, 11) is 0. The molecule has 1 aromatic heterocycles. The van der Waals surface area contributed by atoms with Crippen LogP contribution in [0.2, 0.25) is 0 Å². The molecular weight excluding hydrogens is 384 g/mol. The number of benzene rings is 2. The van der Waals surface area contributed by atoms with Crippen molar-refractivity contribution in [2.24, 2.45) is 0 Å². The zero-order chi connectivity index (χ0) is 20.1. The lowest BCUT2D eigenvalue weighted by atomic mass is 10.1. The van der Waals surface area contributed by atoms with Crippen molar-refractivity contribution < 1.29 is 9.47 Å². The van der Waals surface area contributed by atoms with Gasteiger partial charge < -0.3 is 14.8 Å². The van der Waals surface area contributed by atoms with Crippen LogP contribution >= 0.6 is 11.8 Å². The van der Waals surface area contributed by atoms with Gasteiger partial charge >= 0.3 is 0 Å². The topological polar surface area (TPSA) is 69.2 Å². The minimum Gasteiger partial charge on any atom is -0.493 e. The number of ether oxygens (including phenoxy) is 2. The molecule has 1 unspecified atom stereocenters. The normalized spacial score (nSPS) is 14.6. The minimum atomic E-state index is -0.473. The van der Waals surface area contributed by atoms with Gasteiger partial charge in [0.25, 0.3) is 0 Å². The van der Waals surface area contributed by atoms with E-state index in [9.17, 15) is 0 Å². The fourth-order valence-corrected chi connectivity index (χ4v) is 3.54. The van der Waals surface area contributed by atoms with E-state index in [0.29, 0.717) is 29.1 Å². The van der Waals surface area contributed by atoms with E-state index in [1.165, 1.54) is 11.8 Å². The van der Waals surface area contributed by atoms with E-state index < -0.39 is 6.23 Å². The van der Waals surface area contributed by atoms with Gasteiger partial charge in [-0.15, -0.1) is 16.8 Å². The second-order valence-electron chi connectivity index (χ2n) is 6.42. The first kappa shape index (κ1) is 19.3. The third-order valence-electron chi connectivity index (χ3n) is 4.33. The van der Waals surface area contributed by atoms with Crippen molar-refractivity contribution in [2.75, 3.05) is 17.7 Å². The molecule has 1 aliphatic heterocycles. The predicted octanol–water partition coefficient (Wildman–Crippen LogP) is 5.11. The summed E-state index contributed by atoms with van der Waals surface area (Å²) in [5.74, 6) is 1.93. The summed E-state index contributed by atoms with van der Waals surface area (Å²) >= 11 is 1.46. The fraction of sp³-hybridized carbons (Fsp3) is 0.227. The summed E-state index contributed by atoms with van der Waals surface area (Å²) in [4.78, 5) is 4.62. The van der Waals surface area contributed by atoms with Crippen molar-refractivity contribution in [1.82, 2.24) is 15.2 Å². The number of thioether (sulfide) groups is 1. The Morgan fingerprint density at radius 2 is 2.00 bits per heavy atom. The average molecular weight is 407 g/mol. The van der Waals surface area contributed by atoms with E-state index in [1.807, 2.05) is 54.6 Å². The molecule has 148 valence electrons. The largest absolute Gasteiger partial charge is 0.493 e. The number of anilines is 1. The van der Waals surface area contributed by atoms with Crippen molar-refractivity contribution in [3.63, 3.8) is 0 Å². The zero-order valence-corrected chi connectivity index (χ0v) is 17.0. The molecule has 1 atom stereocenters. The number of nitrogens with one attached hydrogen (secondary N) is 1. The van der Waals surface area contributed by atoms with Crippen molar-refractivity contribution in [3.8, 4) is 22.9 Å². The monoisotopic (exact) mass is 406 g/mol. The molecule has 3 aromatic rings. The molecule has 0 saturated heterocycles. The fourth-order valence-electron chi connectivity index (χ4n) is 3.02. The Kier molecular flexibility index (Phi) is 5.95. The van der Waals surface area contributed by atoms with Crippen LogP contribution in [0.3, 0.4) is 0 Å². The predicted molar refractivity (Wildman–Crippen MR) is 115 cm³/mol. The lowest BCUT2D eigenvalue weighted by molar-refractivity contribution is 0.215. The van der Waals surface area contributed by atoms with Gasteiger partial charge in [0.15, 0.2) is 5.69 Å². The molecule has 0 saturated carbocycles. The van der Waals surface area contributed by atoms with Crippen LogP contribution in [0.15, 0.2) is 66.3 Å². The first-order chi connectivity index (χ1) is 14.3. The van der Waals surface area contributed by atoms with Gasteiger partial charge in [0, 0.05) is 17.0 Å². The summed E-state index contributed by atoms with van der Waals surface area (Å²) in [5, 5.41) is 12.7. The molecule has 1 N–H and O–H groups in total. The highest BCUT2D eigenvalue weighted by atomic mass is 32.2. The third kappa shape index (κ3) is 4.19. The molecule has 0 bridgehead atoms.